The van der Waals surface area contributed by atoms with Crippen molar-refractivity contribution in [3.63, 3.8) is 0 Å². The molecule has 0 fully saturated rings. The van der Waals surface area contributed by atoms with Gasteiger partial charge in [-0.15, -0.1) is 0 Å². The zero-order chi connectivity index (χ0) is 26.2. The average Bonchev–Trinajstić information content (AvgIpc) is 3.20. The van der Waals surface area contributed by atoms with E-state index in [1.165, 1.54) is 33.9 Å². The number of hydrogen-bond acceptors (Lipinski definition) is 1. The van der Waals surface area contributed by atoms with Crippen LogP contribution in [0.15, 0.2) is 96.8 Å². The Labute approximate surface area is 214 Å². The summed E-state index contributed by atoms with van der Waals surface area (Å²) in [6, 6.07) is 17.3. The first-order valence-corrected chi connectivity index (χ1v) is 13.0. The monoisotopic (exact) mass is 469 g/mol. The van der Waals surface area contributed by atoms with Gasteiger partial charge in [-0.3, -0.25) is 0 Å². The second-order valence-corrected chi connectivity index (χ2v) is 9.47. The lowest BCUT2D eigenvalue weighted by Crippen LogP contribution is -2.26. The van der Waals surface area contributed by atoms with Crippen molar-refractivity contribution < 1.29 is 4.58 Å². The molecule has 186 valence electrons. The molecule has 0 saturated carbocycles. The lowest BCUT2D eigenvalue weighted by Gasteiger charge is -2.23. The van der Waals surface area contributed by atoms with Gasteiger partial charge in [0, 0.05) is 41.6 Å². The van der Waals surface area contributed by atoms with Crippen molar-refractivity contribution in [2.45, 2.75) is 66.2 Å². The molecule has 0 radical (unpaired) electrons. The minimum atomic E-state index is 0.0174. The highest BCUT2D eigenvalue weighted by Crippen LogP contribution is 2.46. The normalized spacial score (nSPS) is 18.6. The fourth-order valence-corrected chi connectivity index (χ4v) is 5.09. The summed E-state index contributed by atoms with van der Waals surface area (Å²) in [6.07, 6.45) is 15.0. The molecule has 0 amide bonds. The van der Waals surface area contributed by atoms with Crippen LogP contribution < -0.4 is 4.90 Å². The highest BCUT2D eigenvalue weighted by atomic mass is 15.2. The third-order valence-electron chi connectivity index (χ3n) is 6.83. The largest absolute Gasteiger partial charge is 0.347 e. The van der Waals surface area contributed by atoms with Gasteiger partial charge in [0.1, 0.15) is 7.05 Å². The zero-order valence-corrected chi connectivity index (χ0v) is 23.6. The number of hydrogen-bond donors (Lipinski definition) is 0. The predicted octanol–water partition coefficient (Wildman–Crippen LogP) is 8.73. The van der Waals surface area contributed by atoms with E-state index in [4.69, 9.17) is 0 Å². The maximum Gasteiger partial charge on any atom is 0.209 e. The van der Waals surface area contributed by atoms with E-state index in [1.54, 1.807) is 0 Å². The summed E-state index contributed by atoms with van der Waals surface area (Å²) >= 11 is 0. The van der Waals surface area contributed by atoms with Crippen molar-refractivity contribution in [2.75, 3.05) is 19.0 Å². The van der Waals surface area contributed by atoms with Crippen LogP contribution in [0.1, 0.15) is 66.5 Å². The molecule has 2 aromatic carbocycles. The van der Waals surface area contributed by atoms with E-state index in [2.05, 4.69) is 142 Å². The minimum Gasteiger partial charge on any atom is -0.347 e. The Hall–Kier alpha value is -3.13. The lowest BCUT2D eigenvalue weighted by molar-refractivity contribution is -0.401. The second kappa shape index (κ2) is 12.0. The first-order chi connectivity index (χ1) is 16.8. The van der Waals surface area contributed by atoms with Crippen LogP contribution in [-0.2, 0) is 10.8 Å². The van der Waals surface area contributed by atoms with Crippen molar-refractivity contribution in [3.05, 3.63) is 108 Å². The van der Waals surface area contributed by atoms with Crippen LogP contribution in [-0.4, -0.2) is 24.4 Å². The molecule has 0 bridgehead atoms. The molecule has 0 unspecified atom stereocenters. The first kappa shape index (κ1) is 28.1. The number of benzene rings is 2. The maximum atomic E-state index is 2.30. The molecular formula is C33H45N2+. The number of allylic oxidation sites excluding steroid dienone is 8. The van der Waals surface area contributed by atoms with Crippen LogP contribution in [0.3, 0.4) is 0 Å². The van der Waals surface area contributed by atoms with Gasteiger partial charge < -0.3 is 4.90 Å². The van der Waals surface area contributed by atoms with Gasteiger partial charge in [0.05, 0.1) is 5.41 Å². The summed E-state index contributed by atoms with van der Waals surface area (Å²) in [5.41, 5.74) is 8.04. The van der Waals surface area contributed by atoms with E-state index in [9.17, 15) is 0 Å². The van der Waals surface area contributed by atoms with Crippen molar-refractivity contribution in [1.82, 2.24) is 0 Å². The van der Waals surface area contributed by atoms with Crippen LogP contribution in [0.2, 0.25) is 0 Å². The molecule has 0 atom stereocenters. The topological polar surface area (TPSA) is 6.25 Å². The van der Waals surface area contributed by atoms with Gasteiger partial charge >= 0.3 is 0 Å². The minimum absolute atomic E-state index is 0.0174. The third kappa shape index (κ3) is 5.42. The molecule has 4 rings (SSSR count). The molecule has 0 aliphatic carbocycles. The van der Waals surface area contributed by atoms with Gasteiger partial charge in [0.25, 0.3) is 0 Å². The highest BCUT2D eigenvalue weighted by molar-refractivity contribution is 6.03. The van der Waals surface area contributed by atoms with Crippen LogP contribution in [0, 0.1) is 0 Å². The number of nitrogens with zero attached hydrogens (tertiary/aromatic N) is 2. The number of rotatable bonds is 4. The fourth-order valence-electron chi connectivity index (χ4n) is 5.09. The standard InChI is InChI=1S/C29H33N2.2C2H6/c1-28(2)22-16-12-14-18-24(22)30(5)26(28)20-10-8-7-9-11-21-27-29(3,4)23-17-13-15-19-25(23)31(27)6;2*1-2/h7-21H,1-6H3;2*1-2H3/q+1;;. The van der Waals surface area contributed by atoms with Gasteiger partial charge in [-0.25, -0.2) is 0 Å². The smallest absolute Gasteiger partial charge is 0.209 e. The van der Waals surface area contributed by atoms with Crippen molar-refractivity contribution in [1.29, 1.82) is 0 Å². The highest BCUT2D eigenvalue weighted by Gasteiger charge is 2.42. The Kier molecular flexibility index (Phi) is 9.65. The molecule has 0 spiro atoms. The van der Waals surface area contributed by atoms with Crippen molar-refractivity contribution in [2.24, 2.45) is 0 Å². The van der Waals surface area contributed by atoms with Gasteiger partial charge in [-0.05, 0) is 31.6 Å². The van der Waals surface area contributed by atoms with Crippen LogP contribution in [0.4, 0.5) is 11.4 Å². The zero-order valence-electron chi connectivity index (χ0n) is 23.6. The SMILES string of the molecule is CC.CC.CN1/C(=C/C=C/C=C/C=C/C2=[N+](C)c3ccccc3C2(C)C)C(C)(C)c2ccccc21. The van der Waals surface area contributed by atoms with E-state index in [1.807, 2.05) is 27.7 Å². The number of fused-ring (bicyclic) bond motifs is 2. The summed E-state index contributed by atoms with van der Waals surface area (Å²) < 4.78 is 2.30. The second-order valence-electron chi connectivity index (χ2n) is 9.47. The molecule has 0 saturated heterocycles. The molecule has 35 heavy (non-hydrogen) atoms. The average molecular weight is 470 g/mol. The maximum absolute atomic E-state index is 2.30. The van der Waals surface area contributed by atoms with Crippen molar-refractivity contribution >= 4 is 17.1 Å². The van der Waals surface area contributed by atoms with Crippen molar-refractivity contribution in [3.8, 4) is 0 Å². The summed E-state index contributed by atoms with van der Waals surface area (Å²) in [5, 5.41) is 0. The van der Waals surface area contributed by atoms with Crippen LogP contribution in [0.5, 0.6) is 0 Å². The van der Waals surface area contributed by atoms with Gasteiger partial charge in [-0.2, -0.15) is 4.58 Å². The summed E-state index contributed by atoms with van der Waals surface area (Å²) in [6.45, 7) is 17.2. The fraction of sp³-hybridized carbons (Fsp3) is 0.364. The van der Waals surface area contributed by atoms with Crippen LogP contribution in [0.25, 0.3) is 0 Å². The number of likely N-dealkylation sites (N-methyl/N-ethyl adjacent to an activating group) is 1. The Morgan fingerprint density at radius 3 is 1.86 bits per heavy atom. The first-order valence-electron chi connectivity index (χ1n) is 13.0. The number of para-hydroxylation sites is 2. The Bertz CT molecular complexity index is 1150. The van der Waals surface area contributed by atoms with E-state index in [0.29, 0.717) is 0 Å². The molecule has 2 nitrogen and oxygen atoms in total. The van der Waals surface area contributed by atoms with E-state index in [-0.39, 0.29) is 10.8 Å². The molecule has 2 aliphatic rings. The summed E-state index contributed by atoms with van der Waals surface area (Å²) in [4.78, 5) is 2.30. The van der Waals surface area contributed by atoms with E-state index >= 15 is 0 Å². The molecule has 0 aromatic heterocycles. The summed E-state index contributed by atoms with van der Waals surface area (Å²) in [7, 11) is 4.31. The third-order valence-corrected chi connectivity index (χ3v) is 6.83. The molecule has 0 N–H and O–H groups in total. The quantitative estimate of drug-likeness (QED) is 0.320. The Balaban J connectivity index is 0.00000103. The molecular weight excluding hydrogens is 424 g/mol. The van der Waals surface area contributed by atoms with Crippen LogP contribution >= 0.6 is 0 Å². The van der Waals surface area contributed by atoms with Gasteiger partial charge in [0.15, 0.2) is 5.71 Å². The van der Waals surface area contributed by atoms with Gasteiger partial charge in [-0.1, -0.05) is 108 Å². The van der Waals surface area contributed by atoms with E-state index in [0.717, 1.165) is 0 Å². The lowest BCUT2D eigenvalue weighted by atomic mass is 9.81. The molecule has 2 heterocycles. The molecule has 2 heteroatoms. The Morgan fingerprint density at radius 2 is 1.23 bits per heavy atom. The van der Waals surface area contributed by atoms with E-state index < -0.39 is 0 Å². The predicted molar refractivity (Wildman–Crippen MR) is 156 cm³/mol. The van der Waals surface area contributed by atoms with Gasteiger partial charge in [0.2, 0.25) is 5.69 Å². The molecule has 2 aromatic rings. The Morgan fingerprint density at radius 1 is 0.686 bits per heavy atom. The molecule has 2 aliphatic heterocycles. The summed E-state index contributed by atoms with van der Waals surface area (Å²) in [5.74, 6) is 0. The number of anilines is 1.